The molecule has 1 heterocycles. The first-order chi connectivity index (χ1) is 9.08. The fourth-order valence-corrected chi connectivity index (χ4v) is 3.22. The predicted molar refractivity (Wildman–Crippen MR) is 77.2 cm³/mol. The summed E-state index contributed by atoms with van der Waals surface area (Å²) in [6, 6.07) is 9.93. The SMILES string of the molecule is CC1(C)CCCC1C(=O)c1cnc2ccccc2c1. The van der Waals surface area contributed by atoms with Crippen LogP contribution in [0.25, 0.3) is 10.9 Å². The number of para-hydroxylation sites is 1. The van der Waals surface area contributed by atoms with E-state index in [4.69, 9.17) is 0 Å². The maximum Gasteiger partial charge on any atom is 0.168 e. The monoisotopic (exact) mass is 253 g/mol. The highest BCUT2D eigenvalue weighted by Crippen LogP contribution is 2.44. The van der Waals surface area contributed by atoms with E-state index >= 15 is 0 Å². The standard InChI is InChI=1S/C17H19NO/c1-17(2)9-5-7-14(17)16(19)13-10-12-6-3-4-8-15(12)18-11-13/h3-4,6,8,10-11,14H,5,7,9H2,1-2H3. The van der Waals surface area contributed by atoms with Crippen molar-refractivity contribution in [1.29, 1.82) is 0 Å². The number of rotatable bonds is 2. The molecule has 2 aromatic rings. The Labute approximate surface area is 113 Å². The highest BCUT2D eigenvalue weighted by atomic mass is 16.1. The van der Waals surface area contributed by atoms with Crippen molar-refractivity contribution in [2.45, 2.75) is 33.1 Å². The van der Waals surface area contributed by atoms with Crippen molar-refractivity contribution in [3.63, 3.8) is 0 Å². The maximum absolute atomic E-state index is 12.7. The van der Waals surface area contributed by atoms with Crippen LogP contribution in [0.1, 0.15) is 43.5 Å². The minimum atomic E-state index is 0.128. The molecule has 1 atom stereocenters. The summed E-state index contributed by atoms with van der Waals surface area (Å²) in [5.41, 5.74) is 1.84. The third-order valence-corrected chi connectivity index (χ3v) is 4.45. The van der Waals surface area contributed by atoms with E-state index in [9.17, 15) is 4.79 Å². The fourth-order valence-electron chi connectivity index (χ4n) is 3.22. The quantitative estimate of drug-likeness (QED) is 0.749. The Hall–Kier alpha value is -1.70. The van der Waals surface area contributed by atoms with Crippen molar-refractivity contribution in [2.24, 2.45) is 11.3 Å². The predicted octanol–water partition coefficient (Wildman–Crippen LogP) is 4.24. The third-order valence-electron chi connectivity index (χ3n) is 4.45. The molecule has 1 aromatic carbocycles. The average molecular weight is 253 g/mol. The van der Waals surface area contributed by atoms with Crippen molar-refractivity contribution in [3.8, 4) is 0 Å². The van der Waals surface area contributed by atoms with Gasteiger partial charge in [-0.2, -0.15) is 0 Å². The van der Waals surface area contributed by atoms with Gasteiger partial charge in [-0.25, -0.2) is 0 Å². The largest absolute Gasteiger partial charge is 0.294 e. The molecule has 1 fully saturated rings. The van der Waals surface area contributed by atoms with Crippen LogP contribution in [0, 0.1) is 11.3 Å². The highest BCUT2D eigenvalue weighted by Gasteiger charge is 2.39. The lowest BCUT2D eigenvalue weighted by atomic mass is 9.78. The zero-order valence-electron chi connectivity index (χ0n) is 11.5. The maximum atomic E-state index is 12.7. The Bertz CT molecular complexity index is 630. The molecule has 0 bridgehead atoms. The van der Waals surface area contributed by atoms with E-state index in [2.05, 4.69) is 18.8 Å². The van der Waals surface area contributed by atoms with Gasteiger partial charge in [-0.05, 0) is 30.4 Å². The molecule has 0 amide bonds. The molecular formula is C17H19NO. The minimum Gasteiger partial charge on any atom is -0.294 e. The van der Waals surface area contributed by atoms with Crippen molar-refractivity contribution < 1.29 is 4.79 Å². The van der Waals surface area contributed by atoms with Crippen LogP contribution in [0.5, 0.6) is 0 Å². The van der Waals surface area contributed by atoms with E-state index in [0.717, 1.165) is 35.7 Å². The van der Waals surface area contributed by atoms with E-state index < -0.39 is 0 Å². The second kappa shape index (κ2) is 4.44. The van der Waals surface area contributed by atoms with Gasteiger partial charge >= 0.3 is 0 Å². The number of Topliss-reactive ketones (excluding diaryl/α,β-unsaturated/α-hetero) is 1. The molecule has 1 unspecified atom stereocenters. The zero-order valence-corrected chi connectivity index (χ0v) is 11.5. The van der Waals surface area contributed by atoms with Gasteiger partial charge in [-0.1, -0.05) is 38.5 Å². The molecule has 0 saturated heterocycles. The molecule has 19 heavy (non-hydrogen) atoms. The molecule has 0 spiro atoms. The van der Waals surface area contributed by atoms with Gasteiger partial charge in [0.25, 0.3) is 0 Å². The first-order valence-corrected chi connectivity index (χ1v) is 6.97. The Balaban J connectivity index is 1.98. The van der Waals surface area contributed by atoms with Crippen molar-refractivity contribution in [2.75, 3.05) is 0 Å². The lowest BCUT2D eigenvalue weighted by Crippen LogP contribution is -2.25. The number of fused-ring (bicyclic) bond motifs is 1. The summed E-state index contributed by atoms with van der Waals surface area (Å²) in [4.78, 5) is 17.1. The summed E-state index contributed by atoms with van der Waals surface area (Å²) in [6.45, 7) is 4.41. The summed E-state index contributed by atoms with van der Waals surface area (Å²) in [5, 5.41) is 1.05. The van der Waals surface area contributed by atoms with Gasteiger partial charge in [0.05, 0.1) is 5.52 Å². The number of benzene rings is 1. The molecule has 1 aromatic heterocycles. The Kier molecular flexibility index (Phi) is 2.89. The van der Waals surface area contributed by atoms with Gasteiger partial charge in [0.1, 0.15) is 0 Å². The minimum absolute atomic E-state index is 0.128. The topological polar surface area (TPSA) is 30.0 Å². The molecule has 0 radical (unpaired) electrons. The first-order valence-electron chi connectivity index (χ1n) is 6.97. The molecule has 98 valence electrons. The average Bonchev–Trinajstić information content (AvgIpc) is 2.77. The molecule has 2 heteroatoms. The third kappa shape index (κ3) is 2.16. The Morgan fingerprint density at radius 3 is 2.84 bits per heavy atom. The lowest BCUT2D eigenvalue weighted by molar-refractivity contribution is 0.0839. The summed E-state index contributed by atoms with van der Waals surface area (Å²) in [7, 11) is 0. The van der Waals surface area contributed by atoms with E-state index in [1.165, 1.54) is 0 Å². The summed E-state index contributed by atoms with van der Waals surface area (Å²) in [5.74, 6) is 0.413. The van der Waals surface area contributed by atoms with Gasteiger partial charge in [0.2, 0.25) is 0 Å². The lowest BCUT2D eigenvalue weighted by Gasteiger charge is -2.25. The number of carbonyl (C=O) groups excluding carboxylic acids is 1. The van der Waals surface area contributed by atoms with E-state index in [1.54, 1.807) is 6.20 Å². The Morgan fingerprint density at radius 2 is 2.11 bits per heavy atom. The number of carbonyl (C=O) groups is 1. The van der Waals surface area contributed by atoms with Crippen molar-refractivity contribution in [3.05, 3.63) is 42.1 Å². The summed E-state index contributed by atoms with van der Waals surface area (Å²) >= 11 is 0. The van der Waals surface area contributed by atoms with Gasteiger partial charge in [-0.3, -0.25) is 9.78 Å². The summed E-state index contributed by atoms with van der Waals surface area (Å²) in [6.07, 6.45) is 5.05. The number of hydrogen-bond donors (Lipinski definition) is 0. The van der Waals surface area contributed by atoms with Crippen molar-refractivity contribution in [1.82, 2.24) is 4.98 Å². The Morgan fingerprint density at radius 1 is 1.32 bits per heavy atom. The van der Waals surface area contributed by atoms with Crippen LogP contribution >= 0.6 is 0 Å². The molecular weight excluding hydrogens is 234 g/mol. The molecule has 3 rings (SSSR count). The second-order valence-corrected chi connectivity index (χ2v) is 6.21. The van der Waals surface area contributed by atoms with Gasteiger partial charge in [0.15, 0.2) is 5.78 Å². The molecule has 2 nitrogen and oxygen atoms in total. The van der Waals surface area contributed by atoms with E-state index in [0.29, 0.717) is 0 Å². The number of pyridine rings is 1. The number of aromatic nitrogens is 1. The number of ketones is 1. The molecule has 1 aliphatic rings. The number of nitrogens with zero attached hydrogens (tertiary/aromatic N) is 1. The van der Waals surface area contributed by atoms with Crippen LogP contribution in [0.2, 0.25) is 0 Å². The molecule has 0 N–H and O–H groups in total. The molecule has 0 aliphatic heterocycles. The van der Waals surface area contributed by atoms with Crippen LogP contribution in [-0.2, 0) is 0 Å². The summed E-state index contributed by atoms with van der Waals surface area (Å²) < 4.78 is 0. The van der Waals surface area contributed by atoms with Crippen LogP contribution < -0.4 is 0 Å². The van der Waals surface area contributed by atoms with Crippen molar-refractivity contribution >= 4 is 16.7 Å². The van der Waals surface area contributed by atoms with Gasteiger partial charge < -0.3 is 0 Å². The van der Waals surface area contributed by atoms with Gasteiger partial charge in [0, 0.05) is 23.1 Å². The smallest absolute Gasteiger partial charge is 0.168 e. The van der Waals surface area contributed by atoms with E-state index in [1.807, 2.05) is 30.3 Å². The molecule has 1 saturated carbocycles. The number of hydrogen-bond acceptors (Lipinski definition) is 2. The second-order valence-electron chi connectivity index (χ2n) is 6.21. The first kappa shape index (κ1) is 12.3. The molecule has 1 aliphatic carbocycles. The van der Waals surface area contributed by atoms with E-state index in [-0.39, 0.29) is 17.1 Å². The fraction of sp³-hybridized carbons (Fsp3) is 0.412. The van der Waals surface area contributed by atoms with Crippen LogP contribution in [0.4, 0.5) is 0 Å². The zero-order chi connectivity index (χ0) is 13.5. The highest BCUT2D eigenvalue weighted by molar-refractivity contribution is 6.00. The van der Waals surface area contributed by atoms with Gasteiger partial charge in [-0.15, -0.1) is 0 Å². The normalized spacial score (nSPS) is 21.7. The van der Waals surface area contributed by atoms with Crippen LogP contribution in [0.3, 0.4) is 0 Å². The van der Waals surface area contributed by atoms with Crippen LogP contribution in [-0.4, -0.2) is 10.8 Å². The van der Waals surface area contributed by atoms with Crippen LogP contribution in [0.15, 0.2) is 36.5 Å².